The highest BCUT2D eigenvalue weighted by molar-refractivity contribution is 5.99. The first-order valence-electron chi connectivity index (χ1n) is 9.06. The zero-order chi connectivity index (χ0) is 17.9. The predicted octanol–water partition coefficient (Wildman–Crippen LogP) is 3.11. The van der Waals surface area contributed by atoms with Crippen molar-refractivity contribution in [3.05, 3.63) is 71.4 Å². The number of aromatic amines is 1. The van der Waals surface area contributed by atoms with E-state index in [-0.39, 0.29) is 18.0 Å². The van der Waals surface area contributed by atoms with Crippen molar-refractivity contribution < 1.29 is 4.74 Å². The molecular formula is C21H24N4O. The van der Waals surface area contributed by atoms with E-state index < -0.39 is 0 Å². The average Bonchev–Trinajstić information content (AvgIpc) is 3.33. The van der Waals surface area contributed by atoms with Gasteiger partial charge < -0.3 is 20.8 Å². The fourth-order valence-corrected chi connectivity index (χ4v) is 3.66. The van der Waals surface area contributed by atoms with Gasteiger partial charge in [0.25, 0.3) is 0 Å². The van der Waals surface area contributed by atoms with Crippen molar-refractivity contribution >= 4 is 16.7 Å². The standard InChI is InChI=1S/C21H24N4O/c22-21(23)16-10-15(18-7-9-25-19(18)11-16)12-20(14-4-2-1-3-5-14)26-17-6-8-24-13-17/h1-5,7,9-11,17,20,24-25H,6,8,12-13H2,(H3,22,23)/t17-,20?/m0/s1. The normalized spacial score (nSPS) is 18.2. The Kier molecular flexibility index (Phi) is 4.73. The molecule has 2 aromatic carbocycles. The van der Waals surface area contributed by atoms with E-state index in [1.807, 2.05) is 24.4 Å². The fraction of sp³-hybridized carbons (Fsp3) is 0.286. The lowest BCUT2D eigenvalue weighted by Crippen LogP contribution is -2.21. The van der Waals surface area contributed by atoms with Gasteiger partial charge in [0.1, 0.15) is 5.84 Å². The van der Waals surface area contributed by atoms with E-state index in [4.69, 9.17) is 15.9 Å². The van der Waals surface area contributed by atoms with Crippen LogP contribution in [0.4, 0.5) is 0 Å². The topological polar surface area (TPSA) is 86.9 Å². The summed E-state index contributed by atoms with van der Waals surface area (Å²) in [5.74, 6) is 0.0833. The number of aromatic nitrogens is 1. The van der Waals surface area contributed by atoms with Gasteiger partial charge in [-0.2, -0.15) is 0 Å². The minimum absolute atomic E-state index is 0.0265. The number of benzene rings is 2. The van der Waals surface area contributed by atoms with Gasteiger partial charge in [0, 0.05) is 35.6 Å². The van der Waals surface area contributed by atoms with Crippen molar-refractivity contribution in [3.8, 4) is 0 Å². The van der Waals surface area contributed by atoms with Crippen LogP contribution in [0.3, 0.4) is 0 Å². The number of nitrogen functional groups attached to an aromatic ring is 1. The molecule has 2 heterocycles. The third-order valence-electron chi connectivity index (χ3n) is 5.01. The molecule has 1 saturated heterocycles. The summed E-state index contributed by atoms with van der Waals surface area (Å²) in [5.41, 5.74) is 9.81. The first-order valence-corrected chi connectivity index (χ1v) is 9.06. The van der Waals surface area contributed by atoms with Crippen LogP contribution in [0.1, 0.15) is 29.2 Å². The molecule has 1 aromatic heterocycles. The average molecular weight is 348 g/mol. The largest absolute Gasteiger partial charge is 0.384 e. The molecule has 3 aromatic rings. The Morgan fingerprint density at radius 2 is 2.08 bits per heavy atom. The van der Waals surface area contributed by atoms with Crippen LogP contribution in [-0.4, -0.2) is 30.0 Å². The molecule has 1 fully saturated rings. The number of ether oxygens (including phenoxy) is 1. The van der Waals surface area contributed by atoms with E-state index in [2.05, 4.69) is 40.6 Å². The maximum absolute atomic E-state index is 7.81. The van der Waals surface area contributed by atoms with Crippen LogP contribution < -0.4 is 11.1 Å². The molecule has 26 heavy (non-hydrogen) atoms. The number of nitrogens with one attached hydrogen (secondary N) is 3. The molecule has 0 saturated carbocycles. The maximum atomic E-state index is 7.81. The Labute approximate surface area is 153 Å². The molecule has 0 radical (unpaired) electrons. The summed E-state index contributed by atoms with van der Waals surface area (Å²) in [6.45, 7) is 1.91. The van der Waals surface area contributed by atoms with Crippen molar-refractivity contribution in [2.75, 3.05) is 13.1 Å². The molecule has 0 aliphatic carbocycles. The molecule has 1 unspecified atom stereocenters. The number of amidine groups is 1. The highest BCUT2D eigenvalue weighted by atomic mass is 16.5. The van der Waals surface area contributed by atoms with Crippen LogP contribution >= 0.6 is 0 Å². The number of rotatable bonds is 6. The zero-order valence-corrected chi connectivity index (χ0v) is 14.7. The van der Waals surface area contributed by atoms with Crippen molar-refractivity contribution in [1.82, 2.24) is 10.3 Å². The predicted molar refractivity (Wildman–Crippen MR) is 105 cm³/mol. The van der Waals surface area contributed by atoms with Crippen LogP contribution in [0, 0.1) is 5.41 Å². The van der Waals surface area contributed by atoms with Crippen LogP contribution in [0.25, 0.3) is 10.9 Å². The molecule has 1 aliphatic heterocycles. The van der Waals surface area contributed by atoms with Gasteiger partial charge in [-0.25, -0.2) is 0 Å². The van der Waals surface area contributed by atoms with E-state index in [0.717, 1.165) is 48.0 Å². The highest BCUT2D eigenvalue weighted by Crippen LogP contribution is 2.29. The van der Waals surface area contributed by atoms with Gasteiger partial charge in [-0.15, -0.1) is 0 Å². The second-order valence-corrected chi connectivity index (χ2v) is 6.84. The lowest BCUT2D eigenvalue weighted by molar-refractivity contribution is -0.00204. The second-order valence-electron chi connectivity index (χ2n) is 6.84. The van der Waals surface area contributed by atoms with Gasteiger partial charge in [-0.3, -0.25) is 5.41 Å². The van der Waals surface area contributed by atoms with Crippen LogP contribution in [0.15, 0.2) is 54.7 Å². The minimum Gasteiger partial charge on any atom is -0.384 e. The molecule has 4 rings (SSSR count). The monoisotopic (exact) mass is 348 g/mol. The van der Waals surface area contributed by atoms with Gasteiger partial charge in [0.15, 0.2) is 0 Å². The first-order chi connectivity index (χ1) is 12.7. The SMILES string of the molecule is N=C(N)c1cc(CC(O[C@H]2CCNC2)c2ccccc2)c2cc[nH]c2c1. The third kappa shape index (κ3) is 3.49. The highest BCUT2D eigenvalue weighted by Gasteiger charge is 2.23. The van der Waals surface area contributed by atoms with E-state index in [1.165, 1.54) is 5.56 Å². The Balaban J connectivity index is 1.69. The molecule has 0 spiro atoms. The van der Waals surface area contributed by atoms with Crippen molar-refractivity contribution in [2.24, 2.45) is 5.73 Å². The lowest BCUT2D eigenvalue weighted by Gasteiger charge is -2.23. The van der Waals surface area contributed by atoms with Gasteiger partial charge in [0.2, 0.25) is 0 Å². The van der Waals surface area contributed by atoms with Gasteiger partial charge in [-0.1, -0.05) is 30.3 Å². The lowest BCUT2D eigenvalue weighted by atomic mass is 9.96. The van der Waals surface area contributed by atoms with Crippen molar-refractivity contribution in [1.29, 1.82) is 5.41 Å². The second kappa shape index (κ2) is 7.32. The maximum Gasteiger partial charge on any atom is 0.122 e. The Hall–Kier alpha value is -2.63. The number of nitrogens with two attached hydrogens (primary N) is 1. The summed E-state index contributed by atoms with van der Waals surface area (Å²) in [5, 5.41) is 12.3. The first kappa shape index (κ1) is 16.8. The molecular weight excluding hydrogens is 324 g/mol. The van der Waals surface area contributed by atoms with E-state index in [9.17, 15) is 0 Å². The number of hydrogen-bond donors (Lipinski definition) is 4. The minimum atomic E-state index is -0.0265. The van der Waals surface area contributed by atoms with Gasteiger partial charge in [-0.05, 0) is 42.3 Å². The summed E-state index contributed by atoms with van der Waals surface area (Å²) in [6, 6.07) is 16.4. The molecule has 1 aliphatic rings. The molecule has 5 heteroatoms. The summed E-state index contributed by atoms with van der Waals surface area (Å²) >= 11 is 0. The van der Waals surface area contributed by atoms with Crippen LogP contribution in [0.5, 0.6) is 0 Å². The van der Waals surface area contributed by atoms with Gasteiger partial charge >= 0.3 is 0 Å². The Bertz CT molecular complexity index is 897. The summed E-state index contributed by atoms with van der Waals surface area (Å²) < 4.78 is 6.47. The molecule has 2 atom stereocenters. The Morgan fingerprint density at radius 3 is 2.81 bits per heavy atom. The van der Waals surface area contributed by atoms with E-state index >= 15 is 0 Å². The molecule has 0 bridgehead atoms. The molecule has 134 valence electrons. The number of hydrogen-bond acceptors (Lipinski definition) is 3. The summed E-state index contributed by atoms with van der Waals surface area (Å²) in [4.78, 5) is 3.24. The van der Waals surface area contributed by atoms with Crippen molar-refractivity contribution in [3.63, 3.8) is 0 Å². The molecule has 0 amide bonds. The molecule has 5 nitrogen and oxygen atoms in total. The van der Waals surface area contributed by atoms with E-state index in [0.29, 0.717) is 0 Å². The summed E-state index contributed by atoms with van der Waals surface area (Å²) in [6.07, 6.45) is 3.92. The number of H-pyrrole nitrogens is 1. The van der Waals surface area contributed by atoms with Crippen molar-refractivity contribution in [2.45, 2.75) is 25.0 Å². The fourth-order valence-electron chi connectivity index (χ4n) is 3.66. The van der Waals surface area contributed by atoms with Crippen LogP contribution in [0.2, 0.25) is 0 Å². The third-order valence-corrected chi connectivity index (χ3v) is 5.01. The quantitative estimate of drug-likeness (QED) is 0.408. The van der Waals surface area contributed by atoms with Crippen LogP contribution in [-0.2, 0) is 11.2 Å². The summed E-state index contributed by atoms with van der Waals surface area (Å²) in [7, 11) is 0. The Morgan fingerprint density at radius 1 is 1.23 bits per heavy atom. The van der Waals surface area contributed by atoms with E-state index in [1.54, 1.807) is 0 Å². The molecule has 5 N–H and O–H groups in total. The zero-order valence-electron chi connectivity index (χ0n) is 14.7. The van der Waals surface area contributed by atoms with Gasteiger partial charge in [0.05, 0.1) is 12.2 Å². The smallest absolute Gasteiger partial charge is 0.122 e. The number of fused-ring (bicyclic) bond motifs is 1.